The van der Waals surface area contributed by atoms with Crippen molar-refractivity contribution in [2.24, 2.45) is 5.92 Å². The quantitative estimate of drug-likeness (QED) is 0.866. The highest BCUT2D eigenvalue weighted by Crippen LogP contribution is 2.31. The molecule has 0 bridgehead atoms. The summed E-state index contributed by atoms with van der Waals surface area (Å²) in [5.74, 6) is 0.505. The molecule has 0 radical (unpaired) electrons. The molecule has 2 unspecified atom stereocenters. The van der Waals surface area contributed by atoms with Crippen molar-refractivity contribution in [2.45, 2.75) is 31.8 Å². The van der Waals surface area contributed by atoms with E-state index in [0.29, 0.717) is 5.92 Å². The van der Waals surface area contributed by atoms with Crippen LogP contribution in [-0.4, -0.2) is 11.2 Å². The Bertz CT molecular complexity index is 284. The van der Waals surface area contributed by atoms with Crippen LogP contribution in [0.2, 0.25) is 0 Å². The van der Waals surface area contributed by atoms with Crippen LogP contribution in [-0.2, 0) is 6.42 Å². The first-order valence-electron chi connectivity index (χ1n) is 4.68. The summed E-state index contributed by atoms with van der Waals surface area (Å²) in [5, 5.41) is 9.65. The highest BCUT2D eigenvalue weighted by molar-refractivity contribution is 9.11. The molecular formula is C10H13BrOS. The van der Waals surface area contributed by atoms with Crippen LogP contribution in [0.3, 0.4) is 0 Å². The molecule has 0 aliphatic heterocycles. The predicted octanol–water partition coefficient (Wildman–Crippen LogP) is 3.21. The van der Waals surface area contributed by atoms with Gasteiger partial charge in [-0.3, -0.25) is 0 Å². The van der Waals surface area contributed by atoms with Crippen molar-refractivity contribution in [3.05, 3.63) is 20.8 Å². The molecule has 3 heteroatoms. The van der Waals surface area contributed by atoms with Crippen molar-refractivity contribution in [3.63, 3.8) is 0 Å². The molecule has 1 heterocycles. The van der Waals surface area contributed by atoms with Crippen LogP contribution in [0.5, 0.6) is 0 Å². The normalized spacial score (nSPS) is 28.2. The molecule has 1 fully saturated rings. The van der Waals surface area contributed by atoms with Gasteiger partial charge < -0.3 is 5.11 Å². The monoisotopic (exact) mass is 260 g/mol. The van der Waals surface area contributed by atoms with E-state index in [1.807, 2.05) is 0 Å². The minimum Gasteiger partial charge on any atom is -0.393 e. The summed E-state index contributed by atoms with van der Waals surface area (Å²) >= 11 is 5.23. The molecule has 1 nitrogen and oxygen atoms in total. The molecule has 13 heavy (non-hydrogen) atoms. The fraction of sp³-hybridized carbons (Fsp3) is 0.600. The third-order valence-electron chi connectivity index (χ3n) is 2.71. The van der Waals surface area contributed by atoms with Crippen LogP contribution < -0.4 is 0 Å². The van der Waals surface area contributed by atoms with E-state index in [2.05, 4.69) is 28.1 Å². The van der Waals surface area contributed by atoms with Gasteiger partial charge in [0.1, 0.15) is 0 Å². The van der Waals surface area contributed by atoms with Gasteiger partial charge in [0.25, 0.3) is 0 Å². The number of halogens is 1. The second-order valence-electron chi connectivity index (χ2n) is 3.67. The Labute approximate surface area is 90.9 Å². The molecule has 1 aliphatic carbocycles. The summed E-state index contributed by atoms with van der Waals surface area (Å²) in [6, 6.07) is 4.24. The van der Waals surface area contributed by atoms with Crippen molar-refractivity contribution in [1.29, 1.82) is 0 Å². The van der Waals surface area contributed by atoms with Crippen LogP contribution >= 0.6 is 27.3 Å². The molecule has 2 atom stereocenters. The van der Waals surface area contributed by atoms with Gasteiger partial charge in [0.05, 0.1) is 9.89 Å². The van der Waals surface area contributed by atoms with Gasteiger partial charge in [0.2, 0.25) is 0 Å². The van der Waals surface area contributed by atoms with Gasteiger partial charge in [0.15, 0.2) is 0 Å². The molecule has 0 saturated heterocycles. The smallest absolute Gasteiger partial charge is 0.0701 e. The third kappa shape index (κ3) is 2.33. The minimum atomic E-state index is -0.0547. The van der Waals surface area contributed by atoms with Crippen LogP contribution in [0.25, 0.3) is 0 Å². The Kier molecular flexibility index (Phi) is 3.06. The van der Waals surface area contributed by atoms with E-state index >= 15 is 0 Å². The molecule has 0 spiro atoms. The lowest BCUT2D eigenvalue weighted by Crippen LogP contribution is -2.14. The van der Waals surface area contributed by atoms with Gasteiger partial charge in [-0.1, -0.05) is 6.42 Å². The van der Waals surface area contributed by atoms with Crippen LogP contribution in [0.15, 0.2) is 15.9 Å². The molecule has 1 saturated carbocycles. The number of aliphatic hydroxyl groups is 1. The van der Waals surface area contributed by atoms with E-state index in [0.717, 1.165) is 12.8 Å². The Morgan fingerprint density at radius 2 is 2.31 bits per heavy atom. The second kappa shape index (κ2) is 4.11. The van der Waals surface area contributed by atoms with Gasteiger partial charge in [-0.05, 0) is 53.2 Å². The summed E-state index contributed by atoms with van der Waals surface area (Å²) in [6.45, 7) is 0. The summed E-state index contributed by atoms with van der Waals surface area (Å²) in [4.78, 5) is 1.39. The average Bonchev–Trinajstić information content (AvgIpc) is 2.64. The van der Waals surface area contributed by atoms with Gasteiger partial charge in [-0.2, -0.15) is 0 Å². The van der Waals surface area contributed by atoms with Gasteiger partial charge in [0, 0.05) is 4.88 Å². The molecule has 0 aromatic carbocycles. The number of thiophene rings is 1. The lowest BCUT2D eigenvalue weighted by molar-refractivity contribution is 0.133. The predicted molar refractivity (Wildman–Crippen MR) is 59.1 cm³/mol. The van der Waals surface area contributed by atoms with E-state index in [9.17, 15) is 5.11 Å². The fourth-order valence-electron chi connectivity index (χ4n) is 1.98. The first-order valence-corrected chi connectivity index (χ1v) is 6.29. The van der Waals surface area contributed by atoms with E-state index in [4.69, 9.17) is 0 Å². The highest BCUT2D eigenvalue weighted by Gasteiger charge is 2.25. The Hall–Kier alpha value is 0.140. The van der Waals surface area contributed by atoms with Crippen molar-refractivity contribution < 1.29 is 5.11 Å². The lowest BCUT2D eigenvalue weighted by Gasteiger charge is -2.12. The molecular weight excluding hydrogens is 248 g/mol. The molecule has 1 aliphatic rings. The zero-order valence-electron chi connectivity index (χ0n) is 7.37. The Morgan fingerprint density at radius 1 is 1.46 bits per heavy atom. The van der Waals surface area contributed by atoms with E-state index in [1.54, 1.807) is 11.3 Å². The Morgan fingerprint density at radius 3 is 2.85 bits per heavy atom. The van der Waals surface area contributed by atoms with Gasteiger partial charge in [-0.15, -0.1) is 11.3 Å². The minimum absolute atomic E-state index is 0.0547. The summed E-state index contributed by atoms with van der Waals surface area (Å²) in [6.07, 6.45) is 4.38. The highest BCUT2D eigenvalue weighted by atomic mass is 79.9. The van der Waals surface area contributed by atoms with Crippen molar-refractivity contribution >= 4 is 27.3 Å². The van der Waals surface area contributed by atoms with Crippen LogP contribution in [0.1, 0.15) is 24.1 Å². The zero-order valence-corrected chi connectivity index (χ0v) is 9.77. The second-order valence-corrected chi connectivity index (χ2v) is 6.22. The van der Waals surface area contributed by atoms with E-state index < -0.39 is 0 Å². The molecule has 72 valence electrons. The number of hydrogen-bond acceptors (Lipinski definition) is 2. The third-order valence-corrected chi connectivity index (χ3v) is 4.36. The molecule has 1 aromatic heterocycles. The summed E-state index contributed by atoms with van der Waals surface area (Å²) < 4.78 is 1.19. The van der Waals surface area contributed by atoms with Gasteiger partial charge in [-0.25, -0.2) is 0 Å². The van der Waals surface area contributed by atoms with Crippen LogP contribution in [0, 0.1) is 5.92 Å². The van der Waals surface area contributed by atoms with Crippen molar-refractivity contribution in [3.8, 4) is 0 Å². The van der Waals surface area contributed by atoms with E-state index in [-0.39, 0.29) is 6.10 Å². The maximum absolute atomic E-state index is 9.65. The maximum Gasteiger partial charge on any atom is 0.0701 e. The molecule has 1 N–H and O–H groups in total. The topological polar surface area (TPSA) is 20.2 Å². The largest absolute Gasteiger partial charge is 0.393 e. The average molecular weight is 261 g/mol. The number of aliphatic hydroxyl groups excluding tert-OH is 1. The SMILES string of the molecule is OC1CCCC1Cc1ccc(Br)s1. The lowest BCUT2D eigenvalue weighted by atomic mass is 10.0. The fourth-order valence-corrected chi connectivity index (χ4v) is 3.55. The Balaban J connectivity index is 1.97. The standard InChI is InChI=1S/C10H13BrOS/c11-10-5-4-8(13-10)6-7-2-1-3-9(7)12/h4-5,7,9,12H,1-3,6H2. The number of rotatable bonds is 2. The first kappa shape index (κ1) is 9.69. The summed E-state index contributed by atoms with van der Waals surface area (Å²) in [5.41, 5.74) is 0. The van der Waals surface area contributed by atoms with Crippen molar-refractivity contribution in [1.82, 2.24) is 0 Å². The number of hydrogen-bond donors (Lipinski definition) is 1. The summed E-state index contributed by atoms with van der Waals surface area (Å²) in [7, 11) is 0. The maximum atomic E-state index is 9.65. The molecule has 0 amide bonds. The van der Waals surface area contributed by atoms with Gasteiger partial charge >= 0.3 is 0 Å². The first-order chi connectivity index (χ1) is 6.25. The van der Waals surface area contributed by atoms with Crippen LogP contribution in [0.4, 0.5) is 0 Å². The molecule has 2 rings (SSSR count). The zero-order chi connectivity index (χ0) is 9.26. The van der Waals surface area contributed by atoms with E-state index in [1.165, 1.54) is 21.5 Å². The molecule has 1 aromatic rings. The van der Waals surface area contributed by atoms with Crippen molar-refractivity contribution in [2.75, 3.05) is 0 Å².